The molecule has 5 nitrogen and oxygen atoms in total. The first-order chi connectivity index (χ1) is 12.1. The molecule has 0 bridgehead atoms. The Kier molecular flexibility index (Phi) is 5.43. The van der Waals surface area contributed by atoms with Gasteiger partial charge >= 0.3 is 0 Å². The summed E-state index contributed by atoms with van der Waals surface area (Å²) in [4.78, 5) is 11.9. The number of rotatable bonds is 6. The van der Waals surface area contributed by atoms with E-state index in [1.54, 1.807) is 0 Å². The van der Waals surface area contributed by atoms with Crippen molar-refractivity contribution in [3.8, 4) is 17.2 Å². The van der Waals surface area contributed by atoms with Crippen molar-refractivity contribution in [3.63, 3.8) is 0 Å². The molecule has 0 fully saturated rings. The highest BCUT2D eigenvalue weighted by Crippen LogP contribution is 2.33. The van der Waals surface area contributed by atoms with Crippen LogP contribution in [0.4, 0.5) is 0 Å². The van der Waals surface area contributed by atoms with Crippen molar-refractivity contribution >= 4 is 5.91 Å². The number of hydrogen-bond acceptors (Lipinski definition) is 4. The molecule has 1 amide bonds. The van der Waals surface area contributed by atoms with Gasteiger partial charge < -0.3 is 19.5 Å². The molecule has 0 atom stereocenters. The first kappa shape index (κ1) is 17.1. The zero-order chi connectivity index (χ0) is 17.6. The van der Waals surface area contributed by atoms with Crippen LogP contribution in [-0.4, -0.2) is 32.3 Å². The van der Waals surface area contributed by atoms with Gasteiger partial charge in [0.1, 0.15) is 19.0 Å². The van der Waals surface area contributed by atoms with E-state index < -0.39 is 0 Å². The number of amides is 1. The molecule has 0 aliphatic carbocycles. The molecular formula is C20H23NO4. The van der Waals surface area contributed by atoms with E-state index in [4.69, 9.17) is 14.2 Å². The van der Waals surface area contributed by atoms with Crippen LogP contribution in [0.1, 0.15) is 16.7 Å². The molecule has 5 heteroatoms. The third-order valence-electron chi connectivity index (χ3n) is 4.08. The van der Waals surface area contributed by atoms with Crippen molar-refractivity contribution in [1.82, 2.24) is 5.32 Å². The van der Waals surface area contributed by atoms with Crippen LogP contribution in [-0.2, 0) is 11.2 Å². The van der Waals surface area contributed by atoms with Crippen LogP contribution in [0.5, 0.6) is 17.2 Å². The Hall–Kier alpha value is -2.69. The van der Waals surface area contributed by atoms with E-state index in [0.29, 0.717) is 25.5 Å². The summed E-state index contributed by atoms with van der Waals surface area (Å²) in [5.74, 6) is 2.15. The smallest absolute Gasteiger partial charge is 0.257 e. The van der Waals surface area contributed by atoms with Crippen LogP contribution in [0.15, 0.2) is 36.4 Å². The predicted molar refractivity (Wildman–Crippen MR) is 95.6 cm³/mol. The quantitative estimate of drug-likeness (QED) is 0.878. The highest BCUT2D eigenvalue weighted by Gasteiger charge is 2.14. The first-order valence-corrected chi connectivity index (χ1v) is 8.47. The Balaban J connectivity index is 1.47. The number of ether oxygens (including phenoxy) is 3. The summed E-state index contributed by atoms with van der Waals surface area (Å²) in [6.45, 7) is 5.75. The molecule has 1 aliphatic rings. The molecule has 0 spiro atoms. The zero-order valence-corrected chi connectivity index (χ0v) is 14.6. The van der Waals surface area contributed by atoms with Gasteiger partial charge in [-0.25, -0.2) is 0 Å². The van der Waals surface area contributed by atoms with Crippen molar-refractivity contribution in [2.24, 2.45) is 0 Å². The Bertz CT molecular complexity index is 757. The van der Waals surface area contributed by atoms with Crippen LogP contribution < -0.4 is 19.5 Å². The van der Waals surface area contributed by atoms with E-state index >= 15 is 0 Å². The molecule has 132 valence electrons. The van der Waals surface area contributed by atoms with Crippen molar-refractivity contribution < 1.29 is 19.0 Å². The fraction of sp³-hybridized carbons (Fsp3) is 0.350. The number of aryl methyl sites for hydroxylation is 2. The van der Waals surface area contributed by atoms with Gasteiger partial charge in [0.25, 0.3) is 5.91 Å². The minimum absolute atomic E-state index is 0.0174. The molecule has 0 saturated carbocycles. The Morgan fingerprint density at radius 1 is 1.12 bits per heavy atom. The normalized spacial score (nSPS) is 12.6. The molecule has 1 N–H and O–H groups in total. The van der Waals surface area contributed by atoms with Crippen molar-refractivity contribution in [2.75, 3.05) is 26.4 Å². The molecule has 0 aromatic heterocycles. The summed E-state index contributed by atoms with van der Waals surface area (Å²) in [5, 5.41) is 2.89. The van der Waals surface area contributed by atoms with E-state index in [1.165, 1.54) is 0 Å². The highest BCUT2D eigenvalue weighted by molar-refractivity contribution is 5.77. The third-order valence-corrected chi connectivity index (χ3v) is 4.08. The Labute approximate surface area is 147 Å². The number of carbonyl (C=O) groups excluding carboxylic acids is 1. The maximum absolute atomic E-state index is 11.9. The average Bonchev–Trinajstić information content (AvgIpc) is 2.60. The second kappa shape index (κ2) is 7.92. The van der Waals surface area contributed by atoms with Crippen LogP contribution in [0.3, 0.4) is 0 Å². The van der Waals surface area contributed by atoms with Crippen LogP contribution in [0.2, 0.25) is 0 Å². The van der Waals surface area contributed by atoms with Gasteiger partial charge in [0, 0.05) is 6.54 Å². The number of fused-ring (bicyclic) bond motifs is 1. The molecule has 25 heavy (non-hydrogen) atoms. The lowest BCUT2D eigenvalue weighted by Gasteiger charge is -2.20. The fourth-order valence-electron chi connectivity index (χ4n) is 2.74. The summed E-state index contributed by atoms with van der Waals surface area (Å²) in [6.07, 6.45) is 0.735. The van der Waals surface area contributed by atoms with Crippen molar-refractivity contribution in [2.45, 2.75) is 20.3 Å². The van der Waals surface area contributed by atoms with E-state index in [9.17, 15) is 4.79 Å². The predicted octanol–water partition coefficient (Wildman–Crippen LogP) is 2.81. The summed E-state index contributed by atoms with van der Waals surface area (Å²) in [6, 6.07) is 11.6. The second-order valence-electron chi connectivity index (χ2n) is 6.13. The number of benzene rings is 2. The molecule has 0 radical (unpaired) electrons. The Morgan fingerprint density at radius 2 is 1.88 bits per heavy atom. The van der Waals surface area contributed by atoms with Gasteiger partial charge in [0.05, 0.1) is 0 Å². The maximum atomic E-state index is 11.9. The van der Waals surface area contributed by atoms with Gasteiger partial charge in [-0.05, 0) is 61.2 Å². The molecule has 1 heterocycles. The summed E-state index contributed by atoms with van der Waals surface area (Å²) in [7, 11) is 0. The standard InChI is InChI=1S/C20H23NO4/c1-14-4-3-5-17(10-14)25-13-20(22)21-7-6-16-12-19-18(11-15(16)2)23-8-9-24-19/h3-5,10-12H,6-9,13H2,1-2H3,(H,21,22). The van der Waals surface area contributed by atoms with E-state index in [-0.39, 0.29) is 12.5 Å². The van der Waals surface area contributed by atoms with Crippen LogP contribution in [0, 0.1) is 13.8 Å². The van der Waals surface area contributed by atoms with Crippen LogP contribution >= 0.6 is 0 Å². The summed E-state index contributed by atoms with van der Waals surface area (Å²) >= 11 is 0. The largest absolute Gasteiger partial charge is 0.486 e. The molecule has 0 saturated heterocycles. The lowest BCUT2D eigenvalue weighted by Crippen LogP contribution is -2.30. The molecule has 1 aliphatic heterocycles. The second-order valence-corrected chi connectivity index (χ2v) is 6.13. The van der Waals surface area contributed by atoms with Gasteiger partial charge in [-0.2, -0.15) is 0 Å². The number of hydrogen-bond donors (Lipinski definition) is 1. The summed E-state index contributed by atoms with van der Waals surface area (Å²) in [5.41, 5.74) is 3.38. The van der Waals surface area contributed by atoms with E-state index in [0.717, 1.165) is 34.6 Å². The van der Waals surface area contributed by atoms with Gasteiger partial charge in [-0.3, -0.25) is 4.79 Å². The third kappa shape index (κ3) is 4.66. The van der Waals surface area contributed by atoms with Crippen LogP contribution in [0.25, 0.3) is 0 Å². The van der Waals surface area contributed by atoms with Gasteiger partial charge in [-0.15, -0.1) is 0 Å². The van der Waals surface area contributed by atoms with Gasteiger partial charge in [0.15, 0.2) is 18.1 Å². The molecular weight excluding hydrogens is 318 g/mol. The van der Waals surface area contributed by atoms with Gasteiger partial charge in [-0.1, -0.05) is 12.1 Å². The lowest BCUT2D eigenvalue weighted by atomic mass is 10.0. The topological polar surface area (TPSA) is 56.8 Å². The minimum Gasteiger partial charge on any atom is -0.486 e. The molecule has 2 aromatic carbocycles. The lowest BCUT2D eigenvalue weighted by molar-refractivity contribution is -0.123. The average molecular weight is 341 g/mol. The minimum atomic E-state index is -0.128. The van der Waals surface area contributed by atoms with Crippen molar-refractivity contribution in [3.05, 3.63) is 53.1 Å². The molecule has 3 rings (SSSR count). The first-order valence-electron chi connectivity index (χ1n) is 8.47. The fourth-order valence-corrected chi connectivity index (χ4v) is 2.74. The van der Waals surface area contributed by atoms with Crippen molar-refractivity contribution in [1.29, 1.82) is 0 Å². The summed E-state index contributed by atoms with van der Waals surface area (Å²) < 4.78 is 16.7. The highest BCUT2D eigenvalue weighted by atomic mass is 16.6. The SMILES string of the molecule is Cc1cccc(OCC(=O)NCCc2cc3c(cc2C)OCCO3)c1. The maximum Gasteiger partial charge on any atom is 0.257 e. The zero-order valence-electron chi connectivity index (χ0n) is 14.6. The number of nitrogens with one attached hydrogen (secondary N) is 1. The monoisotopic (exact) mass is 341 g/mol. The Morgan fingerprint density at radius 3 is 2.64 bits per heavy atom. The molecule has 2 aromatic rings. The molecule has 0 unspecified atom stereocenters. The van der Waals surface area contributed by atoms with E-state index in [1.807, 2.05) is 50.2 Å². The van der Waals surface area contributed by atoms with E-state index in [2.05, 4.69) is 5.32 Å². The van der Waals surface area contributed by atoms with Gasteiger partial charge in [0.2, 0.25) is 0 Å². The number of carbonyl (C=O) groups is 1.